The van der Waals surface area contributed by atoms with E-state index in [-0.39, 0.29) is 29.4 Å². The minimum Gasteiger partial charge on any atom is -0.321 e. The maximum absolute atomic E-state index is 13.0. The van der Waals surface area contributed by atoms with Gasteiger partial charge in [0.05, 0.1) is 6.54 Å². The van der Waals surface area contributed by atoms with Gasteiger partial charge < -0.3 is 5.32 Å². The molecule has 7 heteroatoms. The van der Waals surface area contributed by atoms with Gasteiger partial charge in [-0.25, -0.2) is 9.07 Å². The fourth-order valence-electron chi connectivity index (χ4n) is 2.43. The van der Waals surface area contributed by atoms with Gasteiger partial charge in [-0.2, -0.15) is 5.10 Å². The van der Waals surface area contributed by atoms with Crippen LogP contribution in [0.4, 0.5) is 10.1 Å². The third-order valence-corrected chi connectivity index (χ3v) is 3.89. The number of anilines is 1. The second-order valence-electron chi connectivity index (χ2n) is 5.93. The Hall–Kier alpha value is -3.61. The summed E-state index contributed by atoms with van der Waals surface area (Å²) in [6.45, 7) is 1.58. The summed E-state index contributed by atoms with van der Waals surface area (Å²) in [4.78, 5) is 35.7. The first-order valence-corrected chi connectivity index (χ1v) is 8.17. The molecule has 0 radical (unpaired) electrons. The molecule has 136 valence electrons. The van der Waals surface area contributed by atoms with Gasteiger partial charge in [0, 0.05) is 17.3 Å². The highest BCUT2D eigenvalue weighted by atomic mass is 19.1. The molecule has 0 saturated carbocycles. The van der Waals surface area contributed by atoms with Crippen molar-refractivity contribution < 1.29 is 14.0 Å². The number of nitrogens with one attached hydrogen (secondary N) is 1. The smallest absolute Gasteiger partial charge is 0.276 e. The Bertz CT molecular complexity index is 1040. The Morgan fingerprint density at radius 1 is 1.00 bits per heavy atom. The van der Waals surface area contributed by atoms with Crippen LogP contribution in [-0.4, -0.2) is 21.5 Å². The lowest BCUT2D eigenvalue weighted by Crippen LogP contribution is -2.26. The Balaban J connectivity index is 1.78. The van der Waals surface area contributed by atoms with E-state index in [9.17, 15) is 18.8 Å². The van der Waals surface area contributed by atoms with E-state index >= 15 is 0 Å². The van der Waals surface area contributed by atoms with Crippen LogP contribution in [0.3, 0.4) is 0 Å². The van der Waals surface area contributed by atoms with Crippen molar-refractivity contribution in [3.63, 3.8) is 0 Å². The molecule has 0 aliphatic heterocycles. The standard InChI is InChI=1S/C20H16FN3O3/c1-13(25)15-4-8-17(9-5-15)22-20(27)18-10-11-19(26)24(23-18)12-14-2-6-16(21)7-3-14/h2-11H,12H2,1H3,(H,22,27). The largest absolute Gasteiger partial charge is 0.321 e. The molecule has 0 saturated heterocycles. The molecule has 0 spiro atoms. The van der Waals surface area contributed by atoms with Crippen LogP contribution in [-0.2, 0) is 6.54 Å². The molecule has 0 atom stereocenters. The van der Waals surface area contributed by atoms with Gasteiger partial charge in [0.15, 0.2) is 5.78 Å². The van der Waals surface area contributed by atoms with E-state index in [2.05, 4.69) is 10.4 Å². The number of amides is 1. The molecule has 0 aliphatic rings. The number of rotatable bonds is 5. The summed E-state index contributed by atoms with van der Waals surface area (Å²) >= 11 is 0. The molecular formula is C20H16FN3O3. The van der Waals surface area contributed by atoms with E-state index in [0.717, 1.165) is 4.68 Å². The molecule has 27 heavy (non-hydrogen) atoms. The molecule has 1 N–H and O–H groups in total. The van der Waals surface area contributed by atoms with Crippen LogP contribution in [0, 0.1) is 5.82 Å². The van der Waals surface area contributed by atoms with Gasteiger partial charge >= 0.3 is 0 Å². The first kappa shape index (κ1) is 18.2. The van der Waals surface area contributed by atoms with Crippen molar-refractivity contribution in [3.8, 4) is 0 Å². The molecule has 0 unspecified atom stereocenters. The molecule has 0 fully saturated rings. The third-order valence-electron chi connectivity index (χ3n) is 3.89. The predicted molar refractivity (Wildman–Crippen MR) is 98.4 cm³/mol. The van der Waals surface area contributed by atoms with E-state index < -0.39 is 5.91 Å². The van der Waals surface area contributed by atoms with E-state index in [1.807, 2.05) is 0 Å². The van der Waals surface area contributed by atoms with Crippen molar-refractivity contribution >= 4 is 17.4 Å². The molecule has 1 aromatic heterocycles. The lowest BCUT2D eigenvalue weighted by Gasteiger charge is -2.08. The topological polar surface area (TPSA) is 81.1 Å². The summed E-state index contributed by atoms with van der Waals surface area (Å²) in [5.74, 6) is -0.927. The summed E-state index contributed by atoms with van der Waals surface area (Å²) in [6.07, 6.45) is 0. The second-order valence-corrected chi connectivity index (χ2v) is 5.93. The molecule has 0 bridgehead atoms. The number of carbonyl (C=O) groups excluding carboxylic acids is 2. The van der Waals surface area contributed by atoms with Crippen LogP contribution in [0.2, 0.25) is 0 Å². The minimum atomic E-state index is -0.488. The van der Waals surface area contributed by atoms with Crippen LogP contribution < -0.4 is 10.9 Å². The molecule has 1 heterocycles. The highest BCUT2D eigenvalue weighted by Gasteiger charge is 2.11. The fraction of sp³-hybridized carbons (Fsp3) is 0.100. The number of carbonyl (C=O) groups is 2. The molecule has 3 aromatic rings. The van der Waals surface area contributed by atoms with Crippen molar-refractivity contribution in [2.75, 3.05) is 5.32 Å². The summed E-state index contributed by atoms with van der Waals surface area (Å²) in [6, 6.07) is 14.7. The van der Waals surface area contributed by atoms with E-state index in [0.29, 0.717) is 16.8 Å². The third kappa shape index (κ3) is 4.52. The van der Waals surface area contributed by atoms with E-state index in [1.54, 1.807) is 36.4 Å². The molecular weight excluding hydrogens is 349 g/mol. The molecule has 3 rings (SSSR count). The van der Waals surface area contributed by atoms with Gasteiger partial charge in [-0.3, -0.25) is 14.4 Å². The lowest BCUT2D eigenvalue weighted by atomic mass is 10.1. The Morgan fingerprint density at radius 3 is 2.30 bits per heavy atom. The zero-order valence-corrected chi connectivity index (χ0v) is 14.5. The number of Topliss-reactive ketones (excluding diaryl/α,β-unsaturated/α-hetero) is 1. The summed E-state index contributed by atoms with van der Waals surface area (Å²) < 4.78 is 14.1. The van der Waals surface area contributed by atoms with Gasteiger partial charge in [-0.15, -0.1) is 0 Å². The van der Waals surface area contributed by atoms with Gasteiger partial charge in [-0.1, -0.05) is 12.1 Å². The average molecular weight is 365 g/mol. The van der Waals surface area contributed by atoms with Crippen LogP contribution in [0.5, 0.6) is 0 Å². The van der Waals surface area contributed by atoms with Crippen LogP contribution in [0.1, 0.15) is 33.3 Å². The summed E-state index contributed by atoms with van der Waals surface area (Å²) in [7, 11) is 0. The van der Waals surface area contributed by atoms with Crippen molar-refractivity contribution in [1.82, 2.24) is 9.78 Å². The quantitative estimate of drug-likeness (QED) is 0.705. The van der Waals surface area contributed by atoms with Crippen LogP contribution in [0.25, 0.3) is 0 Å². The van der Waals surface area contributed by atoms with E-state index in [4.69, 9.17) is 0 Å². The van der Waals surface area contributed by atoms with Gasteiger partial charge in [0.25, 0.3) is 11.5 Å². The van der Waals surface area contributed by atoms with Gasteiger partial charge in [0.1, 0.15) is 11.5 Å². The number of benzene rings is 2. The van der Waals surface area contributed by atoms with E-state index in [1.165, 1.54) is 31.2 Å². The molecule has 6 nitrogen and oxygen atoms in total. The van der Waals surface area contributed by atoms with Gasteiger partial charge in [-0.05, 0) is 55.0 Å². The number of hydrogen-bond donors (Lipinski definition) is 1. The van der Waals surface area contributed by atoms with Crippen molar-refractivity contribution in [2.45, 2.75) is 13.5 Å². The van der Waals surface area contributed by atoms with Crippen LogP contribution in [0.15, 0.2) is 65.5 Å². The zero-order chi connectivity index (χ0) is 19.4. The number of halogens is 1. The Kier molecular flexibility index (Phi) is 5.21. The first-order chi connectivity index (χ1) is 12.9. The monoisotopic (exact) mass is 365 g/mol. The van der Waals surface area contributed by atoms with Crippen LogP contribution >= 0.6 is 0 Å². The SMILES string of the molecule is CC(=O)c1ccc(NC(=O)c2ccc(=O)n(Cc3ccc(F)cc3)n2)cc1. The lowest BCUT2D eigenvalue weighted by molar-refractivity contribution is 0.101. The van der Waals surface area contributed by atoms with Crippen molar-refractivity contribution in [1.29, 1.82) is 0 Å². The Labute approximate surface area is 154 Å². The zero-order valence-electron chi connectivity index (χ0n) is 14.5. The van der Waals surface area contributed by atoms with Gasteiger partial charge in [0.2, 0.25) is 0 Å². The van der Waals surface area contributed by atoms with Crippen molar-refractivity contribution in [3.05, 3.63) is 93.7 Å². The maximum Gasteiger partial charge on any atom is 0.276 e. The maximum atomic E-state index is 13.0. The second kappa shape index (κ2) is 7.74. The highest BCUT2D eigenvalue weighted by molar-refractivity contribution is 6.03. The number of hydrogen-bond acceptors (Lipinski definition) is 4. The molecule has 2 aromatic carbocycles. The normalized spacial score (nSPS) is 10.4. The minimum absolute atomic E-state index is 0.0624. The Morgan fingerprint density at radius 2 is 1.67 bits per heavy atom. The molecule has 1 amide bonds. The predicted octanol–water partition coefficient (Wildman–Crippen LogP) is 2.89. The number of aromatic nitrogens is 2. The summed E-state index contributed by atoms with van der Waals surface area (Å²) in [5, 5.41) is 6.74. The first-order valence-electron chi connectivity index (χ1n) is 8.17. The number of ketones is 1. The number of nitrogens with zero attached hydrogens (tertiary/aromatic N) is 2. The molecule has 0 aliphatic carbocycles. The summed E-state index contributed by atoms with van der Waals surface area (Å²) in [5.41, 5.74) is 1.42. The average Bonchev–Trinajstić information content (AvgIpc) is 2.65. The fourth-order valence-corrected chi connectivity index (χ4v) is 2.43. The van der Waals surface area contributed by atoms with Crippen molar-refractivity contribution in [2.24, 2.45) is 0 Å². The highest BCUT2D eigenvalue weighted by Crippen LogP contribution is 2.11.